The van der Waals surface area contributed by atoms with Crippen molar-refractivity contribution < 1.29 is 0 Å². The third-order valence-corrected chi connectivity index (χ3v) is 3.85. The number of halogens is 2. The first-order valence-electron chi connectivity index (χ1n) is 5.70. The van der Waals surface area contributed by atoms with Gasteiger partial charge in [0.15, 0.2) is 0 Å². The summed E-state index contributed by atoms with van der Waals surface area (Å²) in [5.74, 6) is 0. The molecule has 1 aromatic heterocycles. The van der Waals surface area contributed by atoms with E-state index in [-0.39, 0.29) is 6.04 Å². The molecule has 1 atom stereocenters. The largest absolute Gasteiger partial charge is 0.377 e. The smallest absolute Gasteiger partial charge is 0.109 e. The molecule has 4 heteroatoms. The van der Waals surface area contributed by atoms with Crippen molar-refractivity contribution in [3.8, 4) is 0 Å². The van der Waals surface area contributed by atoms with E-state index in [1.54, 1.807) is 0 Å². The summed E-state index contributed by atoms with van der Waals surface area (Å²) in [5.41, 5.74) is 3.32. The van der Waals surface area contributed by atoms with Gasteiger partial charge < -0.3 is 5.32 Å². The minimum absolute atomic E-state index is 0.213. The lowest BCUT2D eigenvalue weighted by Gasteiger charge is -2.16. The maximum absolute atomic E-state index is 5.88. The first-order valence-corrected chi connectivity index (χ1v) is 6.87. The van der Waals surface area contributed by atoms with Gasteiger partial charge in [-0.25, -0.2) is 4.98 Å². The van der Waals surface area contributed by atoms with Crippen LogP contribution in [0.2, 0.25) is 5.02 Å². The van der Waals surface area contributed by atoms with Crippen LogP contribution in [0.25, 0.3) is 0 Å². The van der Waals surface area contributed by atoms with Crippen molar-refractivity contribution in [3.05, 3.63) is 57.3 Å². The topological polar surface area (TPSA) is 24.9 Å². The van der Waals surface area contributed by atoms with Crippen LogP contribution in [-0.2, 0) is 0 Å². The summed E-state index contributed by atoms with van der Waals surface area (Å²) in [6, 6.07) is 10.1. The molecule has 2 rings (SSSR count). The van der Waals surface area contributed by atoms with E-state index in [0.29, 0.717) is 0 Å². The molecule has 0 aliphatic heterocycles. The normalized spacial score (nSPS) is 12.2. The predicted molar refractivity (Wildman–Crippen MR) is 80.2 cm³/mol. The van der Waals surface area contributed by atoms with Crippen molar-refractivity contribution >= 4 is 33.2 Å². The highest BCUT2D eigenvalue weighted by Gasteiger charge is 2.06. The Morgan fingerprint density at radius 3 is 2.56 bits per heavy atom. The second-order valence-electron chi connectivity index (χ2n) is 4.25. The maximum Gasteiger partial charge on any atom is 0.109 e. The fourth-order valence-corrected chi connectivity index (χ4v) is 2.06. The Hall–Kier alpha value is -1.06. The molecule has 0 amide bonds. The molecule has 18 heavy (non-hydrogen) atoms. The first kappa shape index (κ1) is 13.4. The Morgan fingerprint density at radius 1 is 1.28 bits per heavy atom. The Balaban J connectivity index is 2.13. The molecule has 1 heterocycles. The SMILES string of the molecule is Cc1cc(NC(C)c2ccc(Cl)cc2)cnc1Br. The van der Waals surface area contributed by atoms with E-state index in [9.17, 15) is 0 Å². The van der Waals surface area contributed by atoms with Crippen molar-refractivity contribution in [2.75, 3.05) is 5.32 Å². The van der Waals surface area contributed by atoms with Crippen molar-refractivity contribution in [1.29, 1.82) is 0 Å². The van der Waals surface area contributed by atoms with Gasteiger partial charge in [-0.2, -0.15) is 0 Å². The molecule has 94 valence electrons. The highest BCUT2D eigenvalue weighted by Crippen LogP contribution is 2.22. The molecular weight excluding hydrogens is 312 g/mol. The molecule has 0 saturated carbocycles. The Morgan fingerprint density at radius 2 is 1.94 bits per heavy atom. The Bertz CT molecular complexity index is 540. The monoisotopic (exact) mass is 324 g/mol. The number of nitrogens with one attached hydrogen (secondary N) is 1. The van der Waals surface area contributed by atoms with Gasteiger partial charge in [-0.1, -0.05) is 23.7 Å². The molecular formula is C14H14BrClN2. The molecule has 2 aromatic rings. The fourth-order valence-electron chi connectivity index (χ4n) is 1.72. The van der Waals surface area contributed by atoms with Gasteiger partial charge in [0.1, 0.15) is 4.60 Å². The Labute approximate surface area is 121 Å². The highest BCUT2D eigenvalue weighted by molar-refractivity contribution is 9.10. The lowest BCUT2D eigenvalue weighted by Crippen LogP contribution is -2.06. The molecule has 0 aliphatic carbocycles. The van der Waals surface area contributed by atoms with Crippen LogP contribution >= 0.6 is 27.5 Å². The van der Waals surface area contributed by atoms with Gasteiger partial charge >= 0.3 is 0 Å². The minimum atomic E-state index is 0.213. The minimum Gasteiger partial charge on any atom is -0.377 e. The third-order valence-electron chi connectivity index (χ3n) is 2.77. The lowest BCUT2D eigenvalue weighted by molar-refractivity contribution is 0.882. The number of rotatable bonds is 3. The van der Waals surface area contributed by atoms with Crippen LogP contribution in [0.3, 0.4) is 0 Å². The summed E-state index contributed by atoms with van der Waals surface area (Å²) < 4.78 is 0.882. The number of hydrogen-bond donors (Lipinski definition) is 1. The number of aryl methyl sites for hydroxylation is 1. The quantitative estimate of drug-likeness (QED) is 0.805. The molecule has 0 bridgehead atoms. The van der Waals surface area contributed by atoms with Gasteiger partial charge in [0.2, 0.25) is 0 Å². The predicted octanol–water partition coefficient (Wildman–Crippen LogP) is 4.98. The summed E-state index contributed by atoms with van der Waals surface area (Å²) in [7, 11) is 0. The van der Waals surface area contributed by atoms with Crippen LogP contribution in [0.1, 0.15) is 24.1 Å². The van der Waals surface area contributed by atoms with Crippen LogP contribution < -0.4 is 5.32 Å². The van der Waals surface area contributed by atoms with E-state index >= 15 is 0 Å². The average Bonchev–Trinajstić information content (AvgIpc) is 2.34. The average molecular weight is 326 g/mol. The molecule has 1 N–H and O–H groups in total. The zero-order chi connectivity index (χ0) is 13.1. The summed E-state index contributed by atoms with van der Waals surface area (Å²) in [4.78, 5) is 4.27. The summed E-state index contributed by atoms with van der Waals surface area (Å²) in [6.45, 7) is 4.13. The van der Waals surface area contributed by atoms with Gasteiger partial charge in [0, 0.05) is 11.1 Å². The second-order valence-corrected chi connectivity index (χ2v) is 5.44. The fraction of sp³-hybridized carbons (Fsp3) is 0.214. The summed E-state index contributed by atoms with van der Waals surface area (Å²) in [6.07, 6.45) is 1.82. The number of benzene rings is 1. The van der Waals surface area contributed by atoms with Crippen LogP contribution in [0.4, 0.5) is 5.69 Å². The van der Waals surface area contributed by atoms with E-state index < -0.39 is 0 Å². The van der Waals surface area contributed by atoms with E-state index in [0.717, 1.165) is 20.9 Å². The standard InChI is InChI=1S/C14H14BrClN2/c1-9-7-13(8-17-14(9)15)18-10(2)11-3-5-12(16)6-4-11/h3-8,10,18H,1-2H3. The van der Waals surface area contributed by atoms with Crippen molar-refractivity contribution in [2.24, 2.45) is 0 Å². The second kappa shape index (κ2) is 5.72. The van der Waals surface area contributed by atoms with Crippen molar-refractivity contribution in [1.82, 2.24) is 4.98 Å². The van der Waals surface area contributed by atoms with Gasteiger partial charge in [-0.05, 0) is 59.1 Å². The lowest BCUT2D eigenvalue weighted by atomic mass is 10.1. The number of hydrogen-bond acceptors (Lipinski definition) is 2. The van der Waals surface area contributed by atoms with Crippen LogP contribution in [0.15, 0.2) is 41.1 Å². The zero-order valence-corrected chi connectivity index (χ0v) is 12.6. The molecule has 0 spiro atoms. The number of nitrogens with zero attached hydrogens (tertiary/aromatic N) is 1. The zero-order valence-electron chi connectivity index (χ0n) is 10.2. The van der Waals surface area contributed by atoms with Crippen LogP contribution in [0, 0.1) is 6.92 Å². The van der Waals surface area contributed by atoms with E-state index in [1.807, 2.05) is 37.4 Å². The third kappa shape index (κ3) is 3.24. The molecule has 0 saturated heterocycles. The Kier molecular flexibility index (Phi) is 4.25. The number of anilines is 1. The van der Waals surface area contributed by atoms with Gasteiger partial charge in [0.05, 0.1) is 11.9 Å². The maximum atomic E-state index is 5.88. The number of pyridine rings is 1. The molecule has 1 unspecified atom stereocenters. The molecule has 2 nitrogen and oxygen atoms in total. The molecule has 0 fully saturated rings. The summed E-state index contributed by atoms with van der Waals surface area (Å²) >= 11 is 9.27. The number of aromatic nitrogens is 1. The molecule has 0 radical (unpaired) electrons. The highest BCUT2D eigenvalue weighted by atomic mass is 79.9. The van der Waals surface area contributed by atoms with Crippen molar-refractivity contribution in [3.63, 3.8) is 0 Å². The van der Waals surface area contributed by atoms with Gasteiger partial charge in [-0.15, -0.1) is 0 Å². The molecule has 0 aliphatic rings. The van der Waals surface area contributed by atoms with E-state index in [2.05, 4.69) is 39.2 Å². The van der Waals surface area contributed by atoms with Gasteiger partial charge in [-0.3, -0.25) is 0 Å². The molecule has 1 aromatic carbocycles. The first-order chi connectivity index (χ1) is 8.56. The summed E-state index contributed by atoms with van der Waals surface area (Å²) in [5, 5.41) is 4.18. The van der Waals surface area contributed by atoms with Crippen molar-refractivity contribution in [2.45, 2.75) is 19.9 Å². The van der Waals surface area contributed by atoms with Gasteiger partial charge in [0.25, 0.3) is 0 Å². The van der Waals surface area contributed by atoms with Crippen LogP contribution in [0.5, 0.6) is 0 Å². The van der Waals surface area contributed by atoms with Crippen LogP contribution in [-0.4, -0.2) is 4.98 Å². The van der Waals surface area contributed by atoms with E-state index in [1.165, 1.54) is 5.56 Å². The van der Waals surface area contributed by atoms with E-state index in [4.69, 9.17) is 11.6 Å².